The van der Waals surface area contributed by atoms with E-state index in [-0.39, 0.29) is 11.4 Å². The molecule has 0 unspecified atom stereocenters. The Kier molecular flexibility index (Phi) is 7.74. The molecule has 0 aliphatic rings. The van der Waals surface area contributed by atoms with Gasteiger partial charge in [-0.25, -0.2) is 4.79 Å². The number of thiophene rings is 1. The van der Waals surface area contributed by atoms with Gasteiger partial charge in [-0.1, -0.05) is 30.3 Å². The standard InChI is InChI=1S/C25H21N3O3S.C5H10O2/c1-25(2,3)31-24(30)28-20-11-12-32-23(20)21(27-28)19-14-17-13-16(9-10-18(17)26-19)22(29)15-7-5-4-6-8-15;1-5(2,3)7-4-6/h4-14,26H,1-3H3;4H,1-3H3. The molecule has 0 spiro atoms. The van der Waals surface area contributed by atoms with Gasteiger partial charge in [0.25, 0.3) is 6.47 Å². The Hall–Kier alpha value is -4.24. The van der Waals surface area contributed by atoms with Crippen LogP contribution >= 0.6 is 11.3 Å². The third-order valence-electron chi connectivity index (χ3n) is 5.43. The van der Waals surface area contributed by atoms with Crippen LogP contribution in [-0.4, -0.2) is 44.3 Å². The zero-order chi connectivity index (χ0) is 28.4. The number of fused-ring (bicyclic) bond motifs is 2. The van der Waals surface area contributed by atoms with E-state index in [1.165, 1.54) is 16.0 Å². The molecule has 0 atom stereocenters. The van der Waals surface area contributed by atoms with Crippen LogP contribution in [0.1, 0.15) is 57.5 Å². The Bertz CT molecular complexity index is 1630. The number of hydrogen-bond donors (Lipinski definition) is 1. The molecule has 5 aromatic rings. The molecule has 0 amide bonds. The highest BCUT2D eigenvalue weighted by Gasteiger charge is 2.24. The van der Waals surface area contributed by atoms with Gasteiger partial charge in [-0.15, -0.1) is 11.3 Å². The van der Waals surface area contributed by atoms with Gasteiger partial charge in [0.1, 0.15) is 16.9 Å². The third kappa shape index (κ3) is 6.61. The average Bonchev–Trinajstić information content (AvgIpc) is 3.57. The van der Waals surface area contributed by atoms with Crippen LogP contribution in [0.25, 0.3) is 32.5 Å². The van der Waals surface area contributed by atoms with Crippen molar-refractivity contribution in [3.05, 3.63) is 77.2 Å². The van der Waals surface area contributed by atoms with Crippen LogP contribution in [0, 0.1) is 0 Å². The quantitative estimate of drug-likeness (QED) is 0.189. The summed E-state index contributed by atoms with van der Waals surface area (Å²) >= 11 is 1.52. The zero-order valence-electron chi connectivity index (χ0n) is 22.8. The van der Waals surface area contributed by atoms with Crippen LogP contribution in [0.15, 0.2) is 66.0 Å². The monoisotopic (exact) mass is 545 g/mol. The number of nitrogens with one attached hydrogen (secondary N) is 1. The molecule has 0 bridgehead atoms. The lowest BCUT2D eigenvalue weighted by atomic mass is 10.0. The first-order chi connectivity index (χ1) is 18.4. The van der Waals surface area contributed by atoms with Gasteiger partial charge in [-0.3, -0.25) is 9.59 Å². The predicted octanol–water partition coefficient (Wildman–Crippen LogP) is 7.22. The predicted molar refractivity (Wildman–Crippen MR) is 153 cm³/mol. The molecule has 3 aromatic heterocycles. The van der Waals surface area contributed by atoms with Crippen molar-refractivity contribution in [2.45, 2.75) is 52.7 Å². The van der Waals surface area contributed by atoms with E-state index in [1.54, 1.807) is 0 Å². The van der Waals surface area contributed by atoms with E-state index in [9.17, 15) is 14.4 Å². The Balaban J connectivity index is 0.000000448. The number of hydrogen-bond acceptors (Lipinski definition) is 7. The number of carbonyl (C=O) groups is 3. The van der Waals surface area contributed by atoms with E-state index in [2.05, 4.69) is 14.8 Å². The van der Waals surface area contributed by atoms with Crippen molar-refractivity contribution < 1.29 is 23.9 Å². The largest absolute Gasteiger partial charge is 0.462 e. The number of nitrogens with zero attached hydrogens (tertiary/aromatic N) is 2. The maximum atomic E-state index is 12.8. The highest BCUT2D eigenvalue weighted by Crippen LogP contribution is 2.34. The number of rotatable bonds is 4. The number of benzene rings is 2. The summed E-state index contributed by atoms with van der Waals surface area (Å²) in [5, 5.41) is 7.39. The fraction of sp³-hybridized carbons (Fsp3) is 0.267. The van der Waals surface area contributed by atoms with Gasteiger partial charge in [0, 0.05) is 22.0 Å². The van der Waals surface area contributed by atoms with Gasteiger partial charge in [-0.05, 0) is 77.3 Å². The van der Waals surface area contributed by atoms with Gasteiger partial charge in [-0.2, -0.15) is 9.78 Å². The first kappa shape index (κ1) is 27.8. The Labute approximate surface area is 230 Å². The molecular formula is C30H31N3O5S. The molecule has 0 radical (unpaired) electrons. The van der Waals surface area contributed by atoms with Crippen LogP contribution in [-0.2, 0) is 14.3 Å². The fourth-order valence-corrected chi connectivity index (χ4v) is 4.64. The van der Waals surface area contributed by atoms with Crippen molar-refractivity contribution in [2.75, 3.05) is 0 Å². The van der Waals surface area contributed by atoms with E-state index in [0.717, 1.165) is 21.3 Å². The minimum absolute atomic E-state index is 0.0231. The maximum absolute atomic E-state index is 12.8. The second-order valence-electron chi connectivity index (χ2n) is 10.9. The third-order valence-corrected chi connectivity index (χ3v) is 6.34. The maximum Gasteiger partial charge on any atom is 0.435 e. The van der Waals surface area contributed by atoms with Gasteiger partial charge in [0.05, 0.1) is 15.9 Å². The number of ether oxygens (including phenoxy) is 2. The van der Waals surface area contributed by atoms with Gasteiger partial charge >= 0.3 is 6.09 Å². The van der Waals surface area contributed by atoms with Gasteiger partial charge in [0.2, 0.25) is 0 Å². The van der Waals surface area contributed by atoms with Crippen LogP contribution < -0.4 is 0 Å². The van der Waals surface area contributed by atoms with Crippen molar-refractivity contribution in [2.24, 2.45) is 0 Å². The molecule has 1 N–H and O–H groups in total. The normalized spacial score (nSPS) is 11.6. The highest BCUT2D eigenvalue weighted by atomic mass is 32.1. The molecule has 0 aliphatic heterocycles. The van der Waals surface area contributed by atoms with E-state index >= 15 is 0 Å². The van der Waals surface area contributed by atoms with Crippen LogP contribution in [0.2, 0.25) is 0 Å². The minimum atomic E-state index is -0.617. The molecule has 3 heterocycles. The lowest BCUT2D eigenvalue weighted by Crippen LogP contribution is -2.27. The van der Waals surface area contributed by atoms with Crippen molar-refractivity contribution in [3.8, 4) is 11.4 Å². The van der Waals surface area contributed by atoms with Crippen LogP contribution in [0.5, 0.6) is 0 Å². The Morgan fingerprint density at radius 1 is 0.923 bits per heavy atom. The summed E-state index contributed by atoms with van der Waals surface area (Å²) in [5.41, 5.74) is 3.38. The molecule has 9 heteroatoms. The van der Waals surface area contributed by atoms with E-state index in [0.29, 0.717) is 28.8 Å². The minimum Gasteiger partial charge on any atom is -0.462 e. The lowest BCUT2D eigenvalue weighted by molar-refractivity contribution is -0.138. The first-order valence-electron chi connectivity index (χ1n) is 12.4. The molecule has 0 aliphatic carbocycles. The summed E-state index contributed by atoms with van der Waals surface area (Å²) in [6, 6.07) is 18.6. The van der Waals surface area contributed by atoms with Gasteiger partial charge < -0.3 is 14.5 Å². The first-order valence-corrected chi connectivity index (χ1v) is 13.3. The second-order valence-corrected chi connectivity index (χ2v) is 11.8. The molecule has 2 aromatic carbocycles. The van der Waals surface area contributed by atoms with E-state index < -0.39 is 11.7 Å². The Morgan fingerprint density at radius 2 is 1.64 bits per heavy atom. The van der Waals surface area contributed by atoms with Crippen molar-refractivity contribution >= 4 is 50.8 Å². The van der Waals surface area contributed by atoms with Crippen LogP contribution in [0.4, 0.5) is 4.79 Å². The molecule has 39 heavy (non-hydrogen) atoms. The summed E-state index contributed by atoms with van der Waals surface area (Å²) < 4.78 is 12.3. The molecule has 202 valence electrons. The number of aromatic nitrogens is 3. The summed E-state index contributed by atoms with van der Waals surface area (Å²) in [6.45, 7) is 11.4. The number of aromatic amines is 1. The lowest BCUT2D eigenvalue weighted by Gasteiger charge is -2.18. The average molecular weight is 546 g/mol. The molecule has 0 saturated carbocycles. The van der Waals surface area contributed by atoms with Crippen molar-refractivity contribution in [1.82, 2.24) is 14.8 Å². The van der Waals surface area contributed by atoms with Crippen molar-refractivity contribution in [1.29, 1.82) is 0 Å². The smallest absolute Gasteiger partial charge is 0.435 e. The molecular weight excluding hydrogens is 514 g/mol. The highest BCUT2D eigenvalue weighted by molar-refractivity contribution is 7.17. The summed E-state index contributed by atoms with van der Waals surface area (Å²) in [6.07, 6.45) is -0.515. The summed E-state index contributed by atoms with van der Waals surface area (Å²) in [5.74, 6) is -0.0231. The topological polar surface area (TPSA) is 103 Å². The van der Waals surface area contributed by atoms with E-state index in [4.69, 9.17) is 4.74 Å². The molecule has 0 fully saturated rings. The SMILES string of the molecule is CC(C)(C)OC(=O)n1nc(-c2cc3cc(C(=O)c4ccccc4)ccc3[nH]2)c2sccc21.CC(C)(C)OC=O. The fourth-order valence-electron chi connectivity index (χ4n) is 3.77. The summed E-state index contributed by atoms with van der Waals surface area (Å²) in [4.78, 5) is 38.5. The molecule has 0 saturated heterocycles. The number of carbonyl (C=O) groups excluding carboxylic acids is 3. The molecule has 8 nitrogen and oxygen atoms in total. The van der Waals surface area contributed by atoms with Crippen molar-refractivity contribution in [3.63, 3.8) is 0 Å². The zero-order valence-corrected chi connectivity index (χ0v) is 23.6. The number of H-pyrrole nitrogens is 1. The second kappa shape index (κ2) is 10.9. The van der Waals surface area contributed by atoms with E-state index in [1.807, 2.05) is 108 Å². The molecule has 5 rings (SSSR count). The summed E-state index contributed by atoms with van der Waals surface area (Å²) in [7, 11) is 0. The van der Waals surface area contributed by atoms with Gasteiger partial charge in [0.15, 0.2) is 5.78 Å². The Morgan fingerprint density at radius 3 is 2.26 bits per heavy atom. The number of ketones is 1. The van der Waals surface area contributed by atoms with Crippen LogP contribution in [0.3, 0.4) is 0 Å².